The van der Waals surface area contributed by atoms with Crippen LogP contribution >= 0.6 is 0 Å². The maximum absolute atomic E-state index is 11.6. The molecule has 0 atom stereocenters. The molecule has 16 heavy (non-hydrogen) atoms. The van der Waals surface area contributed by atoms with E-state index in [4.69, 9.17) is 0 Å². The summed E-state index contributed by atoms with van der Waals surface area (Å²) in [5, 5.41) is 2.24. The van der Waals surface area contributed by atoms with Crippen LogP contribution in [0.1, 0.15) is 53.7 Å². The average molecular weight is 219 g/mol. The maximum Gasteiger partial charge on any atom is 0.277 e. The van der Waals surface area contributed by atoms with Crippen molar-refractivity contribution in [2.75, 3.05) is 0 Å². The Kier molecular flexibility index (Phi) is 2.26. The number of carbonyl (C=O) groups excluding carboxylic acids is 2. The van der Waals surface area contributed by atoms with E-state index in [0.29, 0.717) is 11.3 Å². The highest BCUT2D eigenvalue weighted by Crippen LogP contribution is 2.30. The minimum Gasteiger partial charge on any atom is -0.287 e. The maximum atomic E-state index is 11.6. The third-order valence-corrected chi connectivity index (χ3v) is 3.04. The molecule has 2 heterocycles. The molecule has 0 aliphatic carbocycles. The van der Waals surface area contributed by atoms with Gasteiger partial charge in [-0.25, -0.2) is 9.97 Å². The van der Waals surface area contributed by atoms with Gasteiger partial charge in [0.15, 0.2) is 0 Å². The van der Waals surface area contributed by atoms with Gasteiger partial charge in [0.2, 0.25) is 0 Å². The number of imide groups is 1. The number of rotatable bonds is 2. The van der Waals surface area contributed by atoms with E-state index in [0.717, 1.165) is 6.42 Å². The Morgan fingerprint density at radius 2 is 1.94 bits per heavy atom. The lowest BCUT2D eigenvalue weighted by molar-refractivity contribution is 0.0877. The lowest BCUT2D eigenvalue weighted by atomic mass is 9.83. The topological polar surface area (TPSA) is 72.0 Å². The zero-order valence-corrected chi connectivity index (χ0v) is 9.50. The number of fused-ring (bicyclic) bond motifs is 1. The van der Waals surface area contributed by atoms with Crippen LogP contribution in [0.25, 0.3) is 0 Å². The minimum absolute atomic E-state index is 0.191. The second kappa shape index (κ2) is 3.37. The minimum atomic E-state index is -0.435. The molecule has 0 bridgehead atoms. The molecule has 0 saturated heterocycles. The molecule has 1 aliphatic heterocycles. The van der Waals surface area contributed by atoms with Crippen molar-refractivity contribution in [1.29, 1.82) is 0 Å². The van der Waals surface area contributed by atoms with Crippen molar-refractivity contribution in [2.24, 2.45) is 0 Å². The van der Waals surface area contributed by atoms with Crippen LogP contribution in [0.2, 0.25) is 0 Å². The van der Waals surface area contributed by atoms with Crippen molar-refractivity contribution in [3.05, 3.63) is 23.3 Å². The second-order valence-electron chi connectivity index (χ2n) is 4.47. The summed E-state index contributed by atoms with van der Waals surface area (Å²) in [4.78, 5) is 31.1. The molecular weight excluding hydrogens is 206 g/mol. The molecule has 84 valence electrons. The first-order valence-corrected chi connectivity index (χ1v) is 5.18. The second-order valence-corrected chi connectivity index (χ2v) is 4.47. The van der Waals surface area contributed by atoms with Gasteiger partial charge in [-0.05, 0) is 6.42 Å². The molecule has 1 aromatic heterocycles. The number of nitrogens with zero attached hydrogens (tertiary/aromatic N) is 2. The largest absolute Gasteiger partial charge is 0.287 e. The Hall–Kier alpha value is -1.78. The van der Waals surface area contributed by atoms with Gasteiger partial charge in [-0.3, -0.25) is 14.9 Å². The number of amides is 2. The molecule has 1 aromatic rings. The van der Waals surface area contributed by atoms with E-state index in [1.807, 2.05) is 20.8 Å². The zero-order chi connectivity index (χ0) is 11.9. The molecule has 5 nitrogen and oxygen atoms in total. The summed E-state index contributed by atoms with van der Waals surface area (Å²) < 4.78 is 0. The molecule has 0 saturated carbocycles. The zero-order valence-electron chi connectivity index (χ0n) is 9.50. The highest BCUT2D eigenvalue weighted by molar-refractivity contribution is 6.21. The predicted octanol–water partition coefficient (Wildman–Crippen LogP) is 1.05. The number of aromatic nitrogens is 2. The van der Waals surface area contributed by atoms with Crippen LogP contribution in [0, 0.1) is 0 Å². The van der Waals surface area contributed by atoms with Crippen LogP contribution in [-0.4, -0.2) is 21.8 Å². The van der Waals surface area contributed by atoms with E-state index in [2.05, 4.69) is 15.3 Å². The Morgan fingerprint density at radius 3 is 2.56 bits per heavy atom. The van der Waals surface area contributed by atoms with Gasteiger partial charge in [-0.2, -0.15) is 0 Å². The molecule has 1 N–H and O–H groups in total. The summed E-state index contributed by atoms with van der Waals surface area (Å²) in [7, 11) is 0. The smallest absolute Gasteiger partial charge is 0.277 e. The molecule has 2 rings (SSSR count). The Balaban J connectivity index is 2.67. The third-order valence-electron chi connectivity index (χ3n) is 3.04. The van der Waals surface area contributed by atoms with Crippen molar-refractivity contribution >= 4 is 11.8 Å². The fourth-order valence-corrected chi connectivity index (χ4v) is 1.68. The van der Waals surface area contributed by atoms with Crippen LogP contribution in [0.3, 0.4) is 0 Å². The SMILES string of the molecule is CCC(C)(C)c1ncnc2c1C(=O)NC2=O. The van der Waals surface area contributed by atoms with Crippen LogP contribution in [-0.2, 0) is 5.41 Å². The number of hydrogen-bond donors (Lipinski definition) is 1. The normalized spacial score (nSPS) is 14.9. The van der Waals surface area contributed by atoms with E-state index in [-0.39, 0.29) is 11.1 Å². The van der Waals surface area contributed by atoms with Crippen molar-refractivity contribution in [3.63, 3.8) is 0 Å². The lowest BCUT2D eigenvalue weighted by Gasteiger charge is -2.23. The number of nitrogens with one attached hydrogen (secondary N) is 1. The quantitative estimate of drug-likeness (QED) is 0.754. The summed E-state index contributed by atoms with van der Waals surface area (Å²) in [6, 6.07) is 0. The molecule has 1 aliphatic rings. The molecule has 0 radical (unpaired) electrons. The monoisotopic (exact) mass is 219 g/mol. The summed E-state index contributed by atoms with van der Waals surface area (Å²) >= 11 is 0. The molecule has 0 fully saturated rings. The highest BCUT2D eigenvalue weighted by atomic mass is 16.2. The van der Waals surface area contributed by atoms with Crippen molar-refractivity contribution in [1.82, 2.24) is 15.3 Å². The van der Waals surface area contributed by atoms with Crippen molar-refractivity contribution in [3.8, 4) is 0 Å². The molecule has 2 amide bonds. The number of hydrogen-bond acceptors (Lipinski definition) is 4. The predicted molar refractivity (Wildman–Crippen MR) is 57.1 cm³/mol. The van der Waals surface area contributed by atoms with Gasteiger partial charge in [-0.1, -0.05) is 20.8 Å². The first-order valence-electron chi connectivity index (χ1n) is 5.18. The molecule has 0 aromatic carbocycles. The fraction of sp³-hybridized carbons (Fsp3) is 0.455. The van der Waals surface area contributed by atoms with Gasteiger partial charge >= 0.3 is 0 Å². The van der Waals surface area contributed by atoms with Gasteiger partial charge in [-0.15, -0.1) is 0 Å². The van der Waals surface area contributed by atoms with E-state index in [9.17, 15) is 9.59 Å². The summed E-state index contributed by atoms with van der Waals surface area (Å²) in [6.45, 7) is 6.00. The van der Waals surface area contributed by atoms with E-state index in [1.165, 1.54) is 6.33 Å². The van der Waals surface area contributed by atoms with E-state index in [1.54, 1.807) is 0 Å². The molecule has 0 unspecified atom stereocenters. The highest BCUT2D eigenvalue weighted by Gasteiger charge is 2.36. The van der Waals surface area contributed by atoms with Crippen LogP contribution in [0.4, 0.5) is 0 Å². The van der Waals surface area contributed by atoms with Crippen molar-refractivity contribution in [2.45, 2.75) is 32.6 Å². The lowest BCUT2D eigenvalue weighted by Crippen LogP contribution is -2.24. The Morgan fingerprint density at radius 1 is 1.25 bits per heavy atom. The van der Waals surface area contributed by atoms with Crippen molar-refractivity contribution < 1.29 is 9.59 Å². The first kappa shape index (κ1) is 10.7. The standard InChI is InChI=1S/C11H13N3O2/c1-4-11(2,3)8-6-7(12-5-13-8)10(16)14-9(6)15/h5H,4H2,1-3H3,(H,14,15,16). The van der Waals surface area contributed by atoms with E-state index < -0.39 is 11.8 Å². The molecule has 0 spiro atoms. The summed E-state index contributed by atoms with van der Waals surface area (Å²) in [6.07, 6.45) is 2.17. The third kappa shape index (κ3) is 1.39. The average Bonchev–Trinajstić information content (AvgIpc) is 2.55. The van der Waals surface area contributed by atoms with Gasteiger partial charge < -0.3 is 0 Å². The Bertz CT molecular complexity index is 480. The van der Waals surface area contributed by atoms with Gasteiger partial charge in [0.1, 0.15) is 12.0 Å². The van der Waals surface area contributed by atoms with E-state index >= 15 is 0 Å². The summed E-state index contributed by atoms with van der Waals surface area (Å²) in [5.41, 5.74) is 0.925. The number of carbonyl (C=O) groups is 2. The fourth-order valence-electron chi connectivity index (χ4n) is 1.68. The molecular formula is C11H13N3O2. The summed E-state index contributed by atoms with van der Waals surface area (Å²) in [5.74, 6) is -0.826. The van der Waals surface area contributed by atoms with Gasteiger partial charge in [0.05, 0.1) is 11.3 Å². The van der Waals surface area contributed by atoms with Gasteiger partial charge in [0, 0.05) is 5.41 Å². The van der Waals surface area contributed by atoms with Crippen LogP contribution in [0.15, 0.2) is 6.33 Å². The molecule has 5 heteroatoms. The Labute approximate surface area is 93.3 Å². The first-order chi connectivity index (χ1) is 7.47. The van der Waals surface area contributed by atoms with Crippen LogP contribution < -0.4 is 5.32 Å². The van der Waals surface area contributed by atoms with Gasteiger partial charge in [0.25, 0.3) is 11.8 Å². The van der Waals surface area contributed by atoms with Crippen LogP contribution in [0.5, 0.6) is 0 Å².